The first-order chi connectivity index (χ1) is 12.1. The maximum Gasteiger partial charge on any atom is 0.340 e. The lowest BCUT2D eigenvalue weighted by molar-refractivity contribution is -0.142. The van der Waals surface area contributed by atoms with Gasteiger partial charge in [0.05, 0.1) is 5.56 Å². The molecule has 1 aliphatic rings. The van der Waals surface area contributed by atoms with E-state index in [9.17, 15) is 9.59 Å². The number of hydrogen-bond acceptors (Lipinski definition) is 4. The van der Waals surface area contributed by atoms with E-state index >= 15 is 0 Å². The number of hydrogen-bond donors (Lipinski definition) is 0. The monoisotopic (exact) mass is 402 g/mol. The Morgan fingerprint density at radius 2 is 1.80 bits per heavy atom. The summed E-state index contributed by atoms with van der Waals surface area (Å²) in [4.78, 5) is 31.2. The van der Waals surface area contributed by atoms with Gasteiger partial charge in [-0.15, -0.1) is 0 Å². The van der Waals surface area contributed by atoms with E-state index in [1.54, 1.807) is 29.3 Å². The summed E-state index contributed by atoms with van der Waals surface area (Å²) in [6.45, 7) is 1.41. The largest absolute Gasteiger partial charge is 0.444 e. The average Bonchev–Trinajstić information content (AvgIpc) is 2.67. The van der Waals surface area contributed by atoms with E-state index in [-0.39, 0.29) is 5.91 Å². The number of pyridine rings is 1. The zero-order chi connectivity index (χ0) is 17.6. The van der Waals surface area contributed by atoms with Crippen molar-refractivity contribution in [1.82, 2.24) is 9.88 Å². The van der Waals surface area contributed by atoms with Gasteiger partial charge in [-0.2, -0.15) is 0 Å². The van der Waals surface area contributed by atoms with Gasteiger partial charge in [-0.1, -0.05) is 30.3 Å². The second-order valence-corrected chi connectivity index (χ2v) is 6.89. The van der Waals surface area contributed by atoms with Gasteiger partial charge in [0.2, 0.25) is 6.10 Å². The van der Waals surface area contributed by atoms with Gasteiger partial charge in [0.25, 0.3) is 5.91 Å². The Morgan fingerprint density at radius 1 is 1.08 bits per heavy atom. The van der Waals surface area contributed by atoms with Gasteiger partial charge in [0.1, 0.15) is 0 Å². The molecule has 2 aromatic rings. The summed E-state index contributed by atoms with van der Waals surface area (Å²) >= 11 is 3.29. The fraction of sp³-hybridized carbons (Fsp3) is 0.316. The van der Waals surface area contributed by atoms with Crippen LogP contribution in [-0.4, -0.2) is 34.8 Å². The third kappa shape index (κ3) is 4.45. The molecule has 0 unspecified atom stereocenters. The van der Waals surface area contributed by atoms with Crippen molar-refractivity contribution in [2.24, 2.45) is 0 Å². The van der Waals surface area contributed by atoms with Gasteiger partial charge in [-0.25, -0.2) is 4.79 Å². The van der Waals surface area contributed by atoms with E-state index in [1.807, 2.05) is 18.2 Å². The van der Waals surface area contributed by atoms with Crippen LogP contribution in [0.1, 0.15) is 41.3 Å². The number of amides is 1. The molecule has 3 rings (SSSR count). The molecule has 1 aromatic carbocycles. The lowest BCUT2D eigenvalue weighted by atomic mass is 10.1. The molecule has 130 valence electrons. The number of nitrogens with zero attached hydrogens (tertiary/aromatic N) is 2. The van der Waals surface area contributed by atoms with E-state index in [0.29, 0.717) is 28.7 Å². The molecular weight excluding hydrogens is 384 g/mol. The molecule has 1 amide bonds. The van der Waals surface area contributed by atoms with E-state index in [0.717, 1.165) is 19.3 Å². The van der Waals surface area contributed by atoms with Crippen LogP contribution in [0, 0.1) is 0 Å². The minimum absolute atomic E-state index is 0.165. The summed E-state index contributed by atoms with van der Waals surface area (Å²) in [7, 11) is 0. The van der Waals surface area contributed by atoms with Crippen molar-refractivity contribution < 1.29 is 14.3 Å². The van der Waals surface area contributed by atoms with Crippen LogP contribution >= 0.6 is 15.9 Å². The van der Waals surface area contributed by atoms with Crippen LogP contribution in [0.3, 0.4) is 0 Å². The number of aromatic nitrogens is 1. The number of ether oxygens (including phenoxy) is 1. The van der Waals surface area contributed by atoms with E-state index in [2.05, 4.69) is 20.9 Å². The van der Waals surface area contributed by atoms with Gasteiger partial charge in [-0.05, 0) is 41.3 Å². The molecule has 6 heteroatoms. The molecule has 0 aliphatic carbocycles. The predicted octanol–water partition coefficient (Wildman–Crippen LogP) is 3.75. The summed E-state index contributed by atoms with van der Waals surface area (Å²) in [5.41, 5.74) is 0.983. The molecule has 0 N–H and O–H groups in total. The zero-order valence-corrected chi connectivity index (χ0v) is 15.3. The maximum atomic E-state index is 13.0. The summed E-state index contributed by atoms with van der Waals surface area (Å²) in [6, 6.07) is 10.8. The summed E-state index contributed by atoms with van der Waals surface area (Å²) in [5.74, 6) is -0.727. The van der Waals surface area contributed by atoms with Crippen molar-refractivity contribution in [3.8, 4) is 0 Å². The Hall–Kier alpha value is -2.21. The minimum atomic E-state index is -0.939. The SMILES string of the molecule is O=C(O[C@@H](C(=O)N1CCCCC1)c1ccccc1)c1cncc(Br)c1. The lowest BCUT2D eigenvalue weighted by Crippen LogP contribution is -2.40. The number of carbonyl (C=O) groups excluding carboxylic acids is 2. The zero-order valence-electron chi connectivity index (χ0n) is 13.7. The second kappa shape index (κ2) is 8.25. The highest BCUT2D eigenvalue weighted by atomic mass is 79.9. The second-order valence-electron chi connectivity index (χ2n) is 5.97. The van der Waals surface area contributed by atoms with Crippen molar-refractivity contribution in [3.05, 3.63) is 64.4 Å². The summed E-state index contributed by atoms with van der Waals surface area (Å²) in [5, 5.41) is 0. The highest BCUT2D eigenvalue weighted by molar-refractivity contribution is 9.10. The van der Waals surface area contributed by atoms with Crippen LogP contribution in [0.4, 0.5) is 0 Å². The van der Waals surface area contributed by atoms with Gasteiger partial charge < -0.3 is 9.64 Å². The smallest absolute Gasteiger partial charge is 0.340 e. The fourth-order valence-electron chi connectivity index (χ4n) is 2.87. The standard InChI is InChI=1S/C19H19BrN2O3/c20-16-11-15(12-21-13-16)19(24)25-17(14-7-3-1-4-8-14)18(23)22-9-5-2-6-10-22/h1,3-4,7-8,11-13,17H,2,5-6,9-10H2/t17-/m1/s1. The van der Waals surface area contributed by atoms with Crippen molar-refractivity contribution >= 4 is 27.8 Å². The number of carbonyl (C=O) groups is 2. The van der Waals surface area contributed by atoms with Crippen molar-refractivity contribution in [2.45, 2.75) is 25.4 Å². The van der Waals surface area contributed by atoms with Crippen LogP contribution in [0.2, 0.25) is 0 Å². The molecule has 2 heterocycles. The van der Waals surface area contributed by atoms with Gasteiger partial charge >= 0.3 is 5.97 Å². The highest BCUT2D eigenvalue weighted by Gasteiger charge is 2.30. The molecule has 1 aromatic heterocycles. The summed E-state index contributed by atoms with van der Waals surface area (Å²) < 4.78 is 6.28. The maximum absolute atomic E-state index is 13.0. The molecule has 1 aliphatic heterocycles. The predicted molar refractivity (Wildman–Crippen MR) is 97.0 cm³/mol. The van der Waals surface area contributed by atoms with E-state index < -0.39 is 12.1 Å². The van der Waals surface area contributed by atoms with Crippen molar-refractivity contribution in [3.63, 3.8) is 0 Å². The lowest BCUT2D eigenvalue weighted by Gasteiger charge is -2.30. The van der Waals surface area contributed by atoms with Gasteiger partial charge in [0.15, 0.2) is 0 Å². The number of benzene rings is 1. The number of esters is 1. The minimum Gasteiger partial charge on any atom is -0.444 e. The molecule has 1 fully saturated rings. The Kier molecular flexibility index (Phi) is 5.81. The summed E-state index contributed by atoms with van der Waals surface area (Å²) in [6.07, 6.45) is 5.17. The quantitative estimate of drug-likeness (QED) is 0.730. The molecule has 0 bridgehead atoms. The molecular formula is C19H19BrN2O3. The first-order valence-corrected chi connectivity index (χ1v) is 9.10. The first-order valence-electron chi connectivity index (χ1n) is 8.30. The number of piperidine rings is 1. The van der Waals surface area contributed by atoms with Crippen molar-refractivity contribution in [1.29, 1.82) is 0 Å². The molecule has 1 saturated heterocycles. The molecule has 25 heavy (non-hydrogen) atoms. The Bertz CT molecular complexity index is 745. The van der Waals surface area contributed by atoms with Crippen LogP contribution in [0.5, 0.6) is 0 Å². The Balaban J connectivity index is 1.83. The third-order valence-electron chi connectivity index (χ3n) is 4.16. The van der Waals surface area contributed by atoms with Crippen LogP contribution in [0.15, 0.2) is 53.3 Å². The Labute approximate surface area is 155 Å². The van der Waals surface area contributed by atoms with Crippen molar-refractivity contribution in [2.75, 3.05) is 13.1 Å². The number of likely N-dealkylation sites (tertiary alicyclic amines) is 1. The topological polar surface area (TPSA) is 59.5 Å². The molecule has 0 saturated carbocycles. The average molecular weight is 403 g/mol. The van der Waals surface area contributed by atoms with Crippen LogP contribution in [-0.2, 0) is 9.53 Å². The Morgan fingerprint density at radius 3 is 2.48 bits per heavy atom. The first kappa shape index (κ1) is 17.6. The molecule has 5 nitrogen and oxygen atoms in total. The number of rotatable bonds is 4. The van der Waals surface area contributed by atoms with E-state index in [4.69, 9.17) is 4.74 Å². The van der Waals surface area contributed by atoms with Gasteiger partial charge in [0, 0.05) is 35.5 Å². The van der Waals surface area contributed by atoms with Crippen LogP contribution < -0.4 is 0 Å². The molecule has 0 spiro atoms. The van der Waals surface area contributed by atoms with Crippen LogP contribution in [0.25, 0.3) is 0 Å². The normalized spacial score (nSPS) is 15.5. The third-order valence-corrected chi connectivity index (χ3v) is 4.59. The van der Waals surface area contributed by atoms with Gasteiger partial charge in [-0.3, -0.25) is 9.78 Å². The molecule has 0 radical (unpaired) electrons. The fourth-order valence-corrected chi connectivity index (χ4v) is 3.23. The van der Waals surface area contributed by atoms with E-state index in [1.165, 1.54) is 6.20 Å². The number of halogens is 1. The molecule has 1 atom stereocenters. The highest BCUT2D eigenvalue weighted by Crippen LogP contribution is 2.24.